The number of oxime groups is 1. The van der Waals surface area contributed by atoms with Crippen molar-refractivity contribution >= 4 is 12.7 Å². The van der Waals surface area contributed by atoms with E-state index in [0.29, 0.717) is 35.5 Å². The molecule has 0 radical (unpaired) electrons. The zero-order valence-corrected chi connectivity index (χ0v) is 24.3. The summed E-state index contributed by atoms with van der Waals surface area (Å²) in [5.41, 5.74) is 9.57. The molecule has 0 bridgehead atoms. The van der Waals surface area contributed by atoms with Crippen LogP contribution in [0.3, 0.4) is 0 Å². The minimum atomic E-state index is -0.639. The quantitative estimate of drug-likeness (QED) is 0.0746. The zero-order valence-electron chi connectivity index (χ0n) is 24.3. The first-order valence-corrected chi connectivity index (χ1v) is 15.4. The van der Waals surface area contributed by atoms with Gasteiger partial charge in [-0.25, -0.2) is 0 Å². The first-order chi connectivity index (χ1) is 18.2. The van der Waals surface area contributed by atoms with Crippen molar-refractivity contribution in [2.45, 2.75) is 110 Å². The van der Waals surface area contributed by atoms with E-state index in [9.17, 15) is 4.79 Å². The second kappa shape index (κ2) is 12.8. The van der Waals surface area contributed by atoms with Gasteiger partial charge in [-0.2, -0.15) is 0 Å². The van der Waals surface area contributed by atoms with Crippen LogP contribution in [0.1, 0.15) is 104 Å². The van der Waals surface area contributed by atoms with Crippen LogP contribution in [0.25, 0.3) is 0 Å². The van der Waals surface area contributed by atoms with Crippen molar-refractivity contribution in [2.75, 3.05) is 13.2 Å². The van der Waals surface area contributed by atoms with Crippen LogP contribution in [0.15, 0.2) is 17.0 Å². The van der Waals surface area contributed by atoms with Gasteiger partial charge in [0.1, 0.15) is 6.04 Å². The molecular formula is C31H54N4O3. The highest BCUT2D eigenvalue weighted by Crippen LogP contribution is 2.68. The maximum Gasteiger partial charge on any atom is 0.323 e. The van der Waals surface area contributed by atoms with Crippen molar-refractivity contribution in [1.82, 2.24) is 5.43 Å². The lowest BCUT2D eigenvalue weighted by molar-refractivity contribution is -0.145. The summed E-state index contributed by atoms with van der Waals surface area (Å²) >= 11 is 0. The Labute approximate surface area is 230 Å². The van der Waals surface area contributed by atoms with E-state index in [0.717, 1.165) is 48.9 Å². The van der Waals surface area contributed by atoms with Gasteiger partial charge in [0.15, 0.2) is 12.4 Å². The molecule has 4 fully saturated rings. The van der Waals surface area contributed by atoms with E-state index in [4.69, 9.17) is 21.2 Å². The van der Waals surface area contributed by atoms with E-state index in [1.807, 2.05) is 0 Å². The molecule has 5 N–H and O–H groups in total. The SMILES string of the molecule is C=NO/C(=C\C[C@H]1CC[C@H]2[C@@H]3CCC4C[C@@H](C)CC[C@]4(C)C3CC[C@]12C)COC(=O)[C@@H](N)CCCCNN. The Morgan fingerprint density at radius 3 is 2.63 bits per heavy atom. The van der Waals surface area contributed by atoms with Crippen molar-refractivity contribution in [3.63, 3.8) is 0 Å². The Hall–Kier alpha value is -1.44. The summed E-state index contributed by atoms with van der Waals surface area (Å²) < 4.78 is 5.48. The van der Waals surface area contributed by atoms with Gasteiger partial charge in [-0.3, -0.25) is 16.1 Å². The molecule has 7 heteroatoms. The van der Waals surface area contributed by atoms with E-state index < -0.39 is 12.0 Å². The highest BCUT2D eigenvalue weighted by molar-refractivity contribution is 5.75. The lowest BCUT2D eigenvalue weighted by Crippen LogP contribution is -2.53. The van der Waals surface area contributed by atoms with Gasteiger partial charge < -0.3 is 15.3 Å². The van der Waals surface area contributed by atoms with Gasteiger partial charge in [-0.15, -0.1) is 0 Å². The van der Waals surface area contributed by atoms with Crippen LogP contribution in [0.4, 0.5) is 0 Å². The van der Waals surface area contributed by atoms with Crippen LogP contribution in [0.2, 0.25) is 0 Å². The summed E-state index contributed by atoms with van der Waals surface area (Å²) in [5, 5.41) is 3.62. The van der Waals surface area contributed by atoms with Gasteiger partial charge in [0, 0.05) is 13.3 Å². The second-order valence-corrected chi connectivity index (χ2v) is 13.6. The monoisotopic (exact) mass is 530 g/mol. The predicted octanol–water partition coefficient (Wildman–Crippen LogP) is 5.69. The third kappa shape index (κ3) is 6.15. The van der Waals surface area contributed by atoms with Gasteiger partial charge in [-0.05, 0) is 129 Å². The fourth-order valence-corrected chi connectivity index (χ4v) is 9.41. The number of rotatable bonds is 12. The van der Waals surface area contributed by atoms with E-state index >= 15 is 0 Å². The maximum atomic E-state index is 12.4. The fraction of sp³-hybridized carbons (Fsp3) is 0.871. The molecule has 4 saturated carbocycles. The highest BCUT2D eigenvalue weighted by atomic mass is 16.6. The third-order valence-corrected chi connectivity index (χ3v) is 11.7. The van der Waals surface area contributed by atoms with Gasteiger partial charge >= 0.3 is 5.97 Å². The number of allylic oxidation sites excluding steroid dienone is 1. The topological polar surface area (TPSA) is 112 Å². The lowest BCUT2D eigenvalue weighted by Gasteiger charge is -2.61. The first kappa shape index (κ1) is 29.5. The summed E-state index contributed by atoms with van der Waals surface area (Å²) in [7, 11) is 0. The van der Waals surface area contributed by atoms with Crippen LogP contribution >= 0.6 is 0 Å². The number of nitrogens with zero attached hydrogens (tertiary/aromatic N) is 1. The number of unbranched alkanes of at least 4 members (excludes halogenated alkanes) is 1. The number of fused-ring (bicyclic) bond motifs is 5. The molecule has 0 aromatic carbocycles. The number of carbonyl (C=O) groups is 1. The van der Waals surface area contributed by atoms with Crippen molar-refractivity contribution in [3.05, 3.63) is 11.8 Å². The normalized spacial score (nSPS) is 39.4. The molecule has 38 heavy (non-hydrogen) atoms. The Balaban J connectivity index is 1.34. The van der Waals surface area contributed by atoms with Crippen LogP contribution in [-0.2, 0) is 14.4 Å². The molecule has 4 aliphatic carbocycles. The number of nitrogens with one attached hydrogen (secondary N) is 1. The van der Waals surface area contributed by atoms with Crippen LogP contribution in [0, 0.1) is 46.3 Å². The lowest BCUT2D eigenvalue weighted by atomic mass is 9.44. The standard InChI is InChI=1S/C31H54N4O3/c1-21-14-16-31(3)23(19-21)9-12-25-26-13-10-22(30(26,2)17-15-27(25)31)8-11-24(38-34-4)20-37-29(36)28(32)7-5-6-18-35-33/h11,21-23,25-28,35H,4-10,12-20,32-33H2,1-3H3/b24-11-/t21-,22-,23?,25-,26-,27?,28-,30+,31-/m0/s1. The number of hydrogen-bond donors (Lipinski definition) is 3. The number of hydrogen-bond acceptors (Lipinski definition) is 7. The molecule has 4 aliphatic rings. The second-order valence-electron chi connectivity index (χ2n) is 13.6. The number of esters is 1. The molecule has 0 heterocycles. The number of nitrogens with two attached hydrogens (primary N) is 2. The van der Waals surface area contributed by atoms with Gasteiger partial charge in [-0.1, -0.05) is 32.3 Å². The van der Waals surface area contributed by atoms with Crippen molar-refractivity contribution < 1.29 is 14.4 Å². The zero-order chi connectivity index (χ0) is 27.3. The van der Waals surface area contributed by atoms with E-state index in [1.165, 1.54) is 57.8 Å². The van der Waals surface area contributed by atoms with Gasteiger partial charge in [0.2, 0.25) is 0 Å². The molecule has 9 atom stereocenters. The molecule has 2 unspecified atom stereocenters. The first-order valence-electron chi connectivity index (χ1n) is 15.4. The summed E-state index contributed by atoms with van der Waals surface area (Å²) in [6.07, 6.45) is 17.8. The van der Waals surface area contributed by atoms with Gasteiger partial charge in [0.05, 0.1) is 0 Å². The number of ether oxygens (including phenoxy) is 1. The Bertz CT molecular complexity index is 849. The highest BCUT2D eigenvalue weighted by Gasteiger charge is 2.59. The summed E-state index contributed by atoms with van der Waals surface area (Å²) in [5.74, 6) is 10.6. The minimum Gasteiger partial charge on any atom is -0.456 e. The Kier molecular flexibility index (Phi) is 9.97. The van der Waals surface area contributed by atoms with Crippen molar-refractivity contribution in [2.24, 2.45) is 63.1 Å². The summed E-state index contributed by atoms with van der Waals surface area (Å²) in [4.78, 5) is 17.8. The van der Waals surface area contributed by atoms with Crippen LogP contribution in [-0.4, -0.2) is 31.9 Å². The summed E-state index contributed by atoms with van der Waals surface area (Å²) in [6, 6.07) is -0.639. The predicted molar refractivity (Wildman–Crippen MR) is 153 cm³/mol. The fourth-order valence-electron chi connectivity index (χ4n) is 9.41. The molecule has 0 amide bonds. The molecular weight excluding hydrogens is 476 g/mol. The number of carbonyl (C=O) groups excluding carboxylic acids is 1. The molecule has 216 valence electrons. The molecule has 0 saturated heterocycles. The van der Waals surface area contributed by atoms with E-state index in [2.05, 4.69) is 44.1 Å². The average Bonchev–Trinajstić information content (AvgIpc) is 3.24. The third-order valence-electron chi connectivity index (χ3n) is 11.7. The largest absolute Gasteiger partial charge is 0.456 e. The Morgan fingerprint density at radius 1 is 1.11 bits per heavy atom. The molecule has 0 spiro atoms. The smallest absolute Gasteiger partial charge is 0.323 e. The van der Waals surface area contributed by atoms with Crippen LogP contribution < -0.4 is 17.0 Å². The van der Waals surface area contributed by atoms with Crippen LogP contribution in [0.5, 0.6) is 0 Å². The summed E-state index contributed by atoms with van der Waals surface area (Å²) in [6.45, 7) is 11.9. The molecule has 7 nitrogen and oxygen atoms in total. The molecule has 0 aromatic heterocycles. The van der Waals surface area contributed by atoms with Gasteiger partial charge in [0.25, 0.3) is 0 Å². The average molecular weight is 531 g/mol. The van der Waals surface area contributed by atoms with E-state index in [1.54, 1.807) is 0 Å². The van der Waals surface area contributed by atoms with E-state index in [-0.39, 0.29) is 6.61 Å². The van der Waals surface area contributed by atoms with Crippen molar-refractivity contribution in [3.8, 4) is 0 Å². The molecule has 4 rings (SSSR count). The molecule has 0 aromatic rings. The van der Waals surface area contributed by atoms with Crippen molar-refractivity contribution in [1.29, 1.82) is 0 Å². The molecule has 0 aliphatic heterocycles. The Morgan fingerprint density at radius 2 is 1.87 bits per heavy atom. The minimum absolute atomic E-state index is 0.0473. The number of hydrazine groups is 1. The maximum absolute atomic E-state index is 12.4.